The molecular weight excluding hydrogens is 208 g/mol. The smallest absolute Gasteiger partial charge is 0.0236 e. The molecule has 0 unspecified atom stereocenters. The summed E-state index contributed by atoms with van der Waals surface area (Å²) in [5.74, 6) is 0.908. The molecular formula is C15H24N2. The first-order valence-corrected chi connectivity index (χ1v) is 6.79. The molecule has 0 aromatic heterocycles. The molecule has 1 aromatic carbocycles. The number of piperidine rings is 1. The van der Waals surface area contributed by atoms with Gasteiger partial charge in [-0.05, 0) is 55.9 Å². The molecule has 2 heteroatoms. The Hall–Kier alpha value is -0.860. The lowest BCUT2D eigenvalue weighted by Gasteiger charge is -2.30. The third-order valence-electron chi connectivity index (χ3n) is 3.80. The highest BCUT2D eigenvalue weighted by Gasteiger charge is 2.16. The van der Waals surface area contributed by atoms with Crippen molar-refractivity contribution < 1.29 is 0 Å². The van der Waals surface area contributed by atoms with Gasteiger partial charge in [-0.3, -0.25) is 4.90 Å². The fraction of sp³-hybridized carbons (Fsp3) is 0.600. The second-order valence-corrected chi connectivity index (χ2v) is 5.27. The van der Waals surface area contributed by atoms with E-state index in [0.717, 1.165) is 25.4 Å². The standard InChI is InChI=1S/C15H24N2/c1-13-7-10-17(11-8-13)12-15-5-3-2-4-14(15)6-9-16/h2-5,13H,6-12,16H2,1H3. The zero-order valence-electron chi connectivity index (χ0n) is 10.9. The predicted molar refractivity (Wildman–Crippen MR) is 72.9 cm³/mol. The number of benzene rings is 1. The molecule has 17 heavy (non-hydrogen) atoms. The first kappa shape index (κ1) is 12.6. The normalized spacial score (nSPS) is 18.5. The molecule has 2 N–H and O–H groups in total. The Morgan fingerprint density at radius 2 is 1.82 bits per heavy atom. The lowest BCUT2D eigenvalue weighted by Crippen LogP contribution is -2.32. The summed E-state index contributed by atoms with van der Waals surface area (Å²) in [4.78, 5) is 2.58. The Bertz CT molecular complexity index is 341. The van der Waals surface area contributed by atoms with Crippen molar-refractivity contribution in [1.82, 2.24) is 4.90 Å². The number of hydrogen-bond acceptors (Lipinski definition) is 2. The minimum absolute atomic E-state index is 0.744. The molecule has 94 valence electrons. The largest absolute Gasteiger partial charge is 0.330 e. The third-order valence-corrected chi connectivity index (χ3v) is 3.80. The van der Waals surface area contributed by atoms with Gasteiger partial charge in [-0.15, -0.1) is 0 Å². The van der Waals surface area contributed by atoms with Gasteiger partial charge >= 0.3 is 0 Å². The van der Waals surface area contributed by atoms with Crippen LogP contribution in [0.3, 0.4) is 0 Å². The van der Waals surface area contributed by atoms with Crippen molar-refractivity contribution in [1.29, 1.82) is 0 Å². The van der Waals surface area contributed by atoms with Gasteiger partial charge in [0.05, 0.1) is 0 Å². The van der Waals surface area contributed by atoms with Gasteiger partial charge in [0.25, 0.3) is 0 Å². The second-order valence-electron chi connectivity index (χ2n) is 5.27. The van der Waals surface area contributed by atoms with E-state index in [1.807, 2.05) is 0 Å². The Morgan fingerprint density at radius 3 is 2.47 bits per heavy atom. The molecule has 1 heterocycles. The molecule has 1 aromatic rings. The molecule has 0 amide bonds. The summed E-state index contributed by atoms with van der Waals surface area (Å²) in [5, 5.41) is 0. The van der Waals surface area contributed by atoms with Gasteiger partial charge in [0, 0.05) is 6.54 Å². The molecule has 0 spiro atoms. The lowest BCUT2D eigenvalue weighted by atomic mass is 9.98. The van der Waals surface area contributed by atoms with Gasteiger partial charge < -0.3 is 5.73 Å². The van der Waals surface area contributed by atoms with Crippen molar-refractivity contribution in [3.8, 4) is 0 Å². The van der Waals surface area contributed by atoms with Crippen LogP contribution in [-0.4, -0.2) is 24.5 Å². The molecule has 1 fully saturated rings. The summed E-state index contributed by atoms with van der Waals surface area (Å²) in [6.07, 6.45) is 3.69. The number of likely N-dealkylation sites (tertiary alicyclic amines) is 1. The summed E-state index contributed by atoms with van der Waals surface area (Å²) < 4.78 is 0. The maximum Gasteiger partial charge on any atom is 0.0236 e. The van der Waals surface area contributed by atoms with Crippen LogP contribution in [-0.2, 0) is 13.0 Å². The molecule has 0 bridgehead atoms. The maximum absolute atomic E-state index is 5.67. The van der Waals surface area contributed by atoms with E-state index in [1.165, 1.54) is 37.1 Å². The van der Waals surface area contributed by atoms with Gasteiger partial charge in [-0.25, -0.2) is 0 Å². The monoisotopic (exact) mass is 232 g/mol. The van der Waals surface area contributed by atoms with Crippen LogP contribution < -0.4 is 5.73 Å². The maximum atomic E-state index is 5.67. The summed E-state index contributed by atoms with van der Waals surface area (Å²) in [6.45, 7) is 6.70. The van der Waals surface area contributed by atoms with Crippen molar-refractivity contribution in [2.75, 3.05) is 19.6 Å². The molecule has 0 aliphatic carbocycles. The number of nitrogens with two attached hydrogens (primary N) is 1. The van der Waals surface area contributed by atoms with Crippen molar-refractivity contribution >= 4 is 0 Å². The highest BCUT2D eigenvalue weighted by molar-refractivity contribution is 5.27. The Labute approximate surface area is 105 Å². The summed E-state index contributed by atoms with van der Waals surface area (Å²) in [7, 11) is 0. The van der Waals surface area contributed by atoms with E-state index < -0.39 is 0 Å². The summed E-state index contributed by atoms with van der Waals surface area (Å²) in [6, 6.07) is 8.73. The number of nitrogens with zero attached hydrogens (tertiary/aromatic N) is 1. The van der Waals surface area contributed by atoms with Crippen LogP contribution in [0.2, 0.25) is 0 Å². The quantitative estimate of drug-likeness (QED) is 0.864. The van der Waals surface area contributed by atoms with Gasteiger partial charge in [0.15, 0.2) is 0 Å². The molecule has 1 aliphatic rings. The highest BCUT2D eigenvalue weighted by Crippen LogP contribution is 2.19. The Kier molecular flexibility index (Phi) is 4.57. The van der Waals surface area contributed by atoms with Crippen LogP contribution in [0.5, 0.6) is 0 Å². The highest BCUT2D eigenvalue weighted by atomic mass is 15.1. The van der Waals surface area contributed by atoms with Crippen LogP contribution in [0, 0.1) is 5.92 Å². The van der Waals surface area contributed by atoms with E-state index in [1.54, 1.807) is 0 Å². The molecule has 0 saturated carbocycles. The number of rotatable bonds is 4. The average Bonchev–Trinajstić information content (AvgIpc) is 2.35. The zero-order valence-corrected chi connectivity index (χ0v) is 10.9. The average molecular weight is 232 g/mol. The van der Waals surface area contributed by atoms with E-state index >= 15 is 0 Å². The van der Waals surface area contributed by atoms with E-state index in [9.17, 15) is 0 Å². The van der Waals surface area contributed by atoms with Crippen molar-refractivity contribution in [2.24, 2.45) is 11.7 Å². The van der Waals surface area contributed by atoms with Crippen molar-refractivity contribution in [2.45, 2.75) is 32.7 Å². The Balaban J connectivity index is 1.98. The fourth-order valence-corrected chi connectivity index (χ4v) is 2.57. The van der Waals surface area contributed by atoms with E-state index in [2.05, 4.69) is 36.1 Å². The fourth-order valence-electron chi connectivity index (χ4n) is 2.57. The van der Waals surface area contributed by atoms with Crippen molar-refractivity contribution in [3.05, 3.63) is 35.4 Å². The van der Waals surface area contributed by atoms with Crippen LogP contribution >= 0.6 is 0 Å². The van der Waals surface area contributed by atoms with Crippen LogP contribution in [0.15, 0.2) is 24.3 Å². The third kappa shape index (κ3) is 3.55. The van der Waals surface area contributed by atoms with Crippen LogP contribution in [0.4, 0.5) is 0 Å². The van der Waals surface area contributed by atoms with Gasteiger partial charge in [-0.1, -0.05) is 31.2 Å². The van der Waals surface area contributed by atoms with Crippen molar-refractivity contribution in [3.63, 3.8) is 0 Å². The zero-order chi connectivity index (χ0) is 12.1. The predicted octanol–water partition coefficient (Wildman–Crippen LogP) is 2.42. The van der Waals surface area contributed by atoms with E-state index in [4.69, 9.17) is 5.73 Å². The summed E-state index contributed by atoms with van der Waals surface area (Å²) >= 11 is 0. The van der Waals surface area contributed by atoms with E-state index in [0.29, 0.717) is 0 Å². The Morgan fingerprint density at radius 1 is 1.18 bits per heavy atom. The van der Waals surface area contributed by atoms with Gasteiger partial charge in [-0.2, -0.15) is 0 Å². The minimum atomic E-state index is 0.744. The first-order valence-electron chi connectivity index (χ1n) is 6.79. The second kappa shape index (κ2) is 6.18. The van der Waals surface area contributed by atoms with E-state index in [-0.39, 0.29) is 0 Å². The van der Waals surface area contributed by atoms with Crippen LogP contribution in [0.25, 0.3) is 0 Å². The molecule has 0 atom stereocenters. The topological polar surface area (TPSA) is 29.3 Å². The SMILES string of the molecule is CC1CCN(Cc2ccccc2CCN)CC1. The molecule has 1 saturated heterocycles. The first-order chi connectivity index (χ1) is 8.29. The van der Waals surface area contributed by atoms with Gasteiger partial charge in [0.2, 0.25) is 0 Å². The molecule has 2 rings (SSSR count). The summed E-state index contributed by atoms with van der Waals surface area (Å²) in [5.41, 5.74) is 8.56. The minimum Gasteiger partial charge on any atom is -0.330 e. The molecule has 1 aliphatic heterocycles. The lowest BCUT2D eigenvalue weighted by molar-refractivity contribution is 0.185. The van der Waals surface area contributed by atoms with Crippen LogP contribution in [0.1, 0.15) is 30.9 Å². The molecule has 0 radical (unpaired) electrons. The molecule has 2 nitrogen and oxygen atoms in total. The van der Waals surface area contributed by atoms with Gasteiger partial charge in [0.1, 0.15) is 0 Å². The number of hydrogen-bond donors (Lipinski definition) is 1.